The monoisotopic (exact) mass is 272 g/mol. The van der Waals surface area contributed by atoms with Gasteiger partial charge in [0.25, 0.3) is 0 Å². The summed E-state index contributed by atoms with van der Waals surface area (Å²) in [6.45, 7) is 5.97. The summed E-state index contributed by atoms with van der Waals surface area (Å²) in [5, 5.41) is 0. The van der Waals surface area contributed by atoms with Gasteiger partial charge in [0.15, 0.2) is 0 Å². The van der Waals surface area contributed by atoms with E-state index < -0.39 is 0 Å². The minimum Gasteiger partial charge on any atom is -0.525 e. The Morgan fingerprint density at radius 1 is 0.889 bits per heavy atom. The van der Waals surface area contributed by atoms with Crippen molar-refractivity contribution in [3.05, 3.63) is 82.8 Å². The van der Waals surface area contributed by atoms with E-state index in [0.717, 1.165) is 0 Å². The predicted molar refractivity (Wildman–Crippen MR) is 73.5 cm³/mol. The first-order valence-corrected chi connectivity index (χ1v) is 6.04. The van der Waals surface area contributed by atoms with Crippen molar-refractivity contribution in [3.8, 4) is 0 Å². The fraction of sp³-hybridized carbons (Fsp3) is 0.235. The van der Waals surface area contributed by atoms with Crippen molar-refractivity contribution in [1.29, 1.82) is 0 Å². The number of allylic oxidation sites excluding steroid dienone is 2. The smallest absolute Gasteiger partial charge is 0.525 e. The molecule has 0 saturated heterocycles. The Morgan fingerprint density at radius 2 is 1.22 bits per heavy atom. The minimum absolute atomic E-state index is 0. The summed E-state index contributed by atoms with van der Waals surface area (Å²) in [5.74, 6) is 0.486. The number of rotatable bonds is 0. The van der Waals surface area contributed by atoms with Crippen LogP contribution in [0.5, 0.6) is 0 Å². The molecule has 1 unspecified atom stereocenters. The van der Waals surface area contributed by atoms with Crippen LogP contribution in [0.4, 0.5) is 0 Å². The van der Waals surface area contributed by atoms with Crippen LogP contribution in [-0.4, -0.2) is 0 Å². The summed E-state index contributed by atoms with van der Waals surface area (Å²) in [4.78, 5) is 0. The summed E-state index contributed by atoms with van der Waals surface area (Å²) in [6.07, 6.45) is 25.7. The molecule has 92 valence electrons. The average Bonchev–Trinajstić information content (AvgIpc) is 3.03. The van der Waals surface area contributed by atoms with E-state index in [1.807, 2.05) is 64.2 Å². The first-order valence-electron chi connectivity index (χ1n) is 6.04. The molecule has 3 aliphatic rings. The number of hydrogen-bond acceptors (Lipinski definition) is 0. The van der Waals surface area contributed by atoms with Gasteiger partial charge in [0.2, 0.25) is 0 Å². The van der Waals surface area contributed by atoms with Crippen molar-refractivity contribution in [2.45, 2.75) is 19.8 Å². The van der Waals surface area contributed by atoms with Gasteiger partial charge in [-0.1, -0.05) is 13.3 Å². The Balaban J connectivity index is 0.000000239. The zero-order valence-electron chi connectivity index (χ0n) is 11.0. The Labute approximate surface area is 130 Å². The van der Waals surface area contributed by atoms with Crippen molar-refractivity contribution in [2.75, 3.05) is 0 Å². The molecule has 2 saturated carbocycles. The topological polar surface area (TPSA) is 0 Å². The normalized spacial score (nSPS) is 25.2. The molecule has 0 nitrogen and oxygen atoms in total. The summed E-state index contributed by atoms with van der Waals surface area (Å²) >= 11 is 0. The van der Waals surface area contributed by atoms with E-state index >= 15 is 0 Å². The van der Waals surface area contributed by atoms with Crippen LogP contribution in [0.3, 0.4) is 0 Å². The van der Waals surface area contributed by atoms with Gasteiger partial charge in [-0.25, -0.2) is 0 Å². The van der Waals surface area contributed by atoms with Crippen LogP contribution in [0.1, 0.15) is 19.8 Å². The van der Waals surface area contributed by atoms with Crippen molar-refractivity contribution < 1.29 is 21.7 Å². The third kappa shape index (κ3) is 10.4. The van der Waals surface area contributed by atoms with Gasteiger partial charge < -0.3 is 18.9 Å². The van der Waals surface area contributed by atoms with Crippen LogP contribution in [0, 0.1) is 83.1 Å². The average molecular weight is 272 g/mol. The molecule has 0 spiro atoms. The molecule has 0 amide bonds. The molecule has 3 aliphatic carbocycles. The predicted octanol–water partition coefficient (Wildman–Crippen LogP) is 4.02. The second kappa shape index (κ2) is 12.5. The fourth-order valence-corrected chi connectivity index (χ4v) is 1.53. The maximum absolute atomic E-state index is 3.86. The molecule has 3 rings (SSSR count). The Bertz CT molecular complexity index is 174. The van der Waals surface area contributed by atoms with Gasteiger partial charge in [-0.05, 0) is 64.2 Å². The Kier molecular flexibility index (Phi) is 12.8. The zero-order valence-corrected chi connectivity index (χ0v) is 12.5. The SMILES string of the molecule is [CH2-]C1[C-]=C(C)CC1.[CH]1[CH][CH][CH][CH]1.[CH]1[CH][CH][CH][CH]1.[Ti+2]. The zero-order chi connectivity index (χ0) is 12.3. The first-order chi connectivity index (χ1) is 8.29. The van der Waals surface area contributed by atoms with Gasteiger partial charge in [-0.2, -0.15) is 0 Å². The third-order valence-electron chi connectivity index (χ3n) is 2.43. The summed E-state index contributed by atoms with van der Waals surface area (Å²) < 4.78 is 0. The molecule has 0 heterocycles. The van der Waals surface area contributed by atoms with E-state index in [4.69, 9.17) is 0 Å². The molecule has 18 heavy (non-hydrogen) atoms. The first kappa shape index (κ1) is 18.5. The van der Waals surface area contributed by atoms with Gasteiger partial charge in [-0.15, -0.1) is 6.42 Å². The van der Waals surface area contributed by atoms with Gasteiger partial charge in [0, 0.05) is 0 Å². The largest absolute Gasteiger partial charge is 2.00 e. The maximum atomic E-state index is 3.86. The van der Waals surface area contributed by atoms with E-state index in [1.54, 1.807) is 0 Å². The minimum atomic E-state index is 0. The van der Waals surface area contributed by atoms with Crippen molar-refractivity contribution in [2.24, 2.45) is 5.92 Å². The summed E-state index contributed by atoms with van der Waals surface area (Å²) in [7, 11) is 0. The molecule has 1 heteroatoms. The Hall–Kier alpha value is 0.454. The van der Waals surface area contributed by atoms with E-state index in [-0.39, 0.29) is 21.7 Å². The number of hydrogen-bond donors (Lipinski definition) is 0. The van der Waals surface area contributed by atoms with Gasteiger partial charge in [0.1, 0.15) is 0 Å². The molecule has 0 N–H and O–H groups in total. The van der Waals surface area contributed by atoms with Crippen molar-refractivity contribution in [1.82, 2.24) is 0 Å². The van der Waals surface area contributed by atoms with E-state index in [1.165, 1.54) is 18.4 Å². The Morgan fingerprint density at radius 3 is 1.33 bits per heavy atom. The van der Waals surface area contributed by atoms with Crippen LogP contribution in [0.25, 0.3) is 0 Å². The van der Waals surface area contributed by atoms with E-state index in [2.05, 4.69) is 19.9 Å². The molecule has 0 aromatic heterocycles. The van der Waals surface area contributed by atoms with Crippen LogP contribution >= 0.6 is 0 Å². The molecular formula is C17H20Ti. The van der Waals surface area contributed by atoms with Crippen molar-refractivity contribution in [3.63, 3.8) is 0 Å². The van der Waals surface area contributed by atoms with E-state index in [0.29, 0.717) is 5.92 Å². The molecule has 0 aromatic rings. The van der Waals surface area contributed by atoms with Crippen LogP contribution in [0.2, 0.25) is 0 Å². The van der Waals surface area contributed by atoms with Gasteiger partial charge in [-0.3, -0.25) is 5.57 Å². The summed E-state index contributed by atoms with van der Waals surface area (Å²) in [5.41, 5.74) is 1.39. The second-order valence-corrected chi connectivity index (χ2v) is 4.08. The molecule has 2 fully saturated rings. The van der Waals surface area contributed by atoms with Crippen LogP contribution in [0.15, 0.2) is 5.57 Å². The molecular weight excluding hydrogens is 252 g/mol. The van der Waals surface area contributed by atoms with Gasteiger partial charge in [0.05, 0.1) is 0 Å². The molecule has 1 atom stereocenters. The third-order valence-corrected chi connectivity index (χ3v) is 2.43. The molecule has 10 radical (unpaired) electrons. The molecule has 0 aromatic carbocycles. The second-order valence-electron chi connectivity index (χ2n) is 4.08. The van der Waals surface area contributed by atoms with Gasteiger partial charge >= 0.3 is 21.7 Å². The van der Waals surface area contributed by atoms with E-state index in [9.17, 15) is 0 Å². The molecule has 0 aliphatic heterocycles. The quantitative estimate of drug-likeness (QED) is 0.461. The van der Waals surface area contributed by atoms with Crippen LogP contribution in [-0.2, 0) is 21.7 Å². The maximum Gasteiger partial charge on any atom is 2.00 e. The molecule has 0 bridgehead atoms. The standard InChI is InChI=1S/C7H10.2C5H5.Ti/c1-6-3-4-7(2)5-6;2*1-2-4-5-3-1;/h6H,1,3-4H2,2H3;2*1-5H;/q-2;;;+2. The summed E-state index contributed by atoms with van der Waals surface area (Å²) in [6, 6.07) is 0. The van der Waals surface area contributed by atoms with Crippen LogP contribution < -0.4 is 0 Å². The van der Waals surface area contributed by atoms with Crippen molar-refractivity contribution >= 4 is 0 Å². The fourth-order valence-electron chi connectivity index (χ4n) is 1.53.